The maximum atomic E-state index is 12.3. The molecule has 1 aromatic rings. The minimum absolute atomic E-state index is 0.141. The predicted molar refractivity (Wildman–Crippen MR) is 90.3 cm³/mol. The predicted octanol–water partition coefficient (Wildman–Crippen LogP) is 2.52. The van der Waals surface area contributed by atoms with E-state index in [0.29, 0.717) is 22.5 Å². The van der Waals surface area contributed by atoms with Gasteiger partial charge in [-0.25, -0.2) is 4.79 Å². The third-order valence-corrected chi connectivity index (χ3v) is 5.55. The van der Waals surface area contributed by atoms with E-state index < -0.39 is 12.1 Å². The molecule has 1 saturated carbocycles. The van der Waals surface area contributed by atoms with E-state index in [1.54, 1.807) is 13.8 Å². The number of esters is 1. The zero-order valence-electron chi connectivity index (χ0n) is 14.1. The molecule has 128 valence electrons. The van der Waals surface area contributed by atoms with Gasteiger partial charge in [-0.1, -0.05) is 26.7 Å². The Morgan fingerprint density at radius 3 is 2.70 bits per heavy atom. The Bertz CT molecular complexity index is 568. The second-order valence-corrected chi connectivity index (χ2v) is 7.24. The smallest absolute Gasteiger partial charge is 0.343 e. The lowest BCUT2D eigenvalue weighted by atomic mass is 9.78. The summed E-state index contributed by atoms with van der Waals surface area (Å²) < 4.78 is 9.27. The third kappa shape index (κ3) is 4.02. The van der Waals surface area contributed by atoms with E-state index in [1.807, 2.05) is 0 Å². The van der Waals surface area contributed by atoms with Gasteiger partial charge in [-0.2, -0.15) is 4.37 Å². The number of nitrogens with zero attached hydrogens (tertiary/aromatic N) is 1. The second kappa shape index (κ2) is 7.29. The van der Waals surface area contributed by atoms with E-state index in [4.69, 9.17) is 10.5 Å². The van der Waals surface area contributed by atoms with Crippen molar-refractivity contribution in [2.45, 2.75) is 59.1 Å². The number of aryl methyl sites for hydroxylation is 1. The van der Waals surface area contributed by atoms with Crippen molar-refractivity contribution >= 4 is 28.4 Å². The van der Waals surface area contributed by atoms with Gasteiger partial charge in [-0.3, -0.25) is 4.79 Å². The van der Waals surface area contributed by atoms with E-state index in [2.05, 4.69) is 23.5 Å². The van der Waals surface area contributed by atoms with Gasteiger partial charge < -0.3 is 15.8 Å². The Balaban J connectivity index is 1.94. The SMILES string of the molecule is Cc1nsc(N)c1C(=O)O[C@H](C)C(=O)N[C@@H]1CCC[C@H](C)[C@@H]1C. The van der Waals surface area contributed by atoms with Crippen molar-refractivity contribution in [3.05, 3.63) is 11.3 Å². The number of ether oxygens (including phenoxy) is 1. The van der Waals surface area contributed by atoms with Crippen molar-refractivity contribution in [3.63, 3.8) is 0 Å². The third-order valence-electron chi connectivity index (χ3n) is 4.78. The average Bonchev–Trinajstić information content (AvgIpc) is 2.82. The van der Waals surface area contributed by atoms with E-state index in [1.165, 1.54) is 6.42 Å². The van der Waals surface area contributed by atoms with Gasteiger partial charge in [0.15, 0.2) is 6.10 Å². The van der Waals surface area contributed by atoms with Gasteiger partial charge in [0.05, 0.1) is 5.69 Å². The second-order valence-electron chi connectivity index (χ2n) is 6.44. The molecule has 4 atom stereocenters. The Kier molecular flexibility index (Phi) is 5.62. The number of hydrogen-bond donors (Lipinski definition) is 2. The van der Waals surface area contributed by atoms with E-state index in [0.717, 1.165) is 24.4 Å². The molecule has 6 nitrogen and oxygen atoms in total. The van der Waals surface area contributed by atoms with Crippen molar-refractivity contribution in [1.82, 2.24) is 9.69 Å². The Labute approximate surface area is 140 Å². The molecular weight excluding hydrogens is 314 g/mol. The lowest BCUT2D eigenvalue weighted by molar-refractivity contribution is -0.130. The normalized spacial score (nSPS) is 25.7. The van der Waals surface area contributed by atoms with Crippen LogP contribution in [0.25, 0.3) is 0 Å². The molecule has 1 heterocycles. The van der Waals surface area contributed by atoms with Gasteiger partial charge >= 0.3 is 5.97 Å². The van der Waals surface area contributed by atoms with Gasteiger partial charge in [0.2, 0.25) is 0 Å². The van der Waals surface area contributed by atoms with Crippen molar-refractivity contribution in [2.75, 3.05) is 5.73 Å². The fourth-order valence-corrected chi connectivity index (χ4v) is 3.64. The van der Waals surface area contributed by atoms with Crippen LogP contribution in [0.2, 0.25) is 0 Å². The number of carbonyl (C=O) groups excluding carboxylic acids is 2. The number of nitrogens with one attached hydrogen (secondary N) is 1. The zero-order chi connectivity index (χ0) is 17.1. The van der Waals surface area contributed by atoms with Crippen molar-refractivity contribution < 1.29 is 14.3 Å². The molecule has 0 aliphatic heterocycles. The molecule has 1 amide bonds. The first-order valence-corrected chi connectivity index (χ1v) is 8.81. The minimum atomic E-state index is -0.856. The van der Waals surface area contributed by atoms with Crippen molar-refractivity contribution in [3.8, 4) is 0 Å². The molecule has 3 N–H and O–H groups in total. The summed E-state index contributed by atoms with van der Waals surface area (Å²) in [5.41, 5.74) is 6.52. The number of amides is 1. The van der Waals surface area contributed by atoms with Gasteiger partial charge in [-0.05, 0) is 43.6 Å². The lowest BCUT2D eigenvalue weighted by Crippen LogP contribution is -2.47. The largest absolute Gasteiger partial charge is 0.449 e. The molecule has 7 heteroatoms. The highest BCUT2D eigenvalue weighted by molar-refractivity contribution is 7.10. The molecule has 1 aliphatic carbocycles. The fourth-order valence-electron chi connectivity index (χ4n) is 2.99. The van der Waals surface area contributed by atoms with Crippen LogP contribution in [0.15, 0.2) is 0 Å². The highest BCUT2D eigenvalue weighted by Gasteiger charge is 2.30. The number of nitrogens with two attached hydrogens (primary N) is 1. The lowest BCUT2D eigenvalue weighted by Gasteiger charge is -2.35. The molecule has 1 aliphatic rings. The van der Waals surface area contributed by atoms with Crippen LogP contribution in [0.1, 0.15) is 56.1 Å². The summed E-state index contributed by atoms with van der Waals surface area (Å²) in [5, 5.41) is 3.33. The molecule has 0 radical (unpaired) electrons. The molecule has 0 unspecified atom stereocenters. The highest BCUT2D eigenvalue weighted by Crippen LogP contribution is 2.29. The topological polar surface area (TPSA) is 94.3 Å². The number of nitrogen functional groups attached to an aromatic ring is 1. The first-order valence-electron chi connectivity index (χ1n) is 8.04. The number of aromatic nitrogens is 1. The number of hydrogen-bond acceptors (Lipinski definition) is 6. The molecule has 0 spiro atoms. The van der Waals surface area contributed by atoms with Gasteiger partial charge in [0, 0.05) is 6.04 Å². The highest BCUT2D eigenvalue weighted by atomic mass is 32.1. The first-order chi connectivity index (χ1) is 10.8. The van der Waals surface area contributed by atoms with Crippen LogP contribution in [0.3, 0.4) is 0 Å². The summed E-state index contributed by atoms with van der Waals surface area (Å²) in [5.74, 6) is 0.158. The summed E-state index contributed by atoms with van der Waals surface area (Å²) in [6.45, 7) is 7.64. The van der Waals surface area contributed by atoms with Gasteiger partial charge in [0.1, 0.15) is 10.6 Å². The first kappa shape index (κ1) is 17.7. The summed E-state index contributed by atoms with van der Waals surface area (Å²) >= 11 is 1.05. The van der Waals surface area contributed by atoms with Crippen LogP contribution >= 0.6 is 11.5 Å². The van der Waals surface area contributed by atoms with Crippen LogP contribution < -0.4 is 11.1 Å². The van der Waals surface area contributed by atoms with Crippen LogP contribution in [0.4, 0.5) is 5.00 Å². The summed E-state index contributed by atoms with van der Waals surface area (Å²) in [6.07, 6.45) is 2.42. The Hall–Kier alpha value is -1.63. The molecule has 1 aromatic heterocycles. The van der Waals surface area contributed by atoms with E-state index in [9.17, 15) is 9.59 Å². The maximum absolute atomic E-state index is 12.3. The number of rotatable bonds is 4. The van der Waals surface area contributed by atoms with Crippen LogP contribution in [0.5, 0.6) is 0 Å². The molecule has 0 aromatic carbocycles. The molecular formula is C16H25N3O3S. The summed E-state index contributed by atoms with van der Waals surface area (Å²) in [6, 6.07) is 0.141. The van der Waals surface area contributed by atoms with Crippen LogP contribution in [-0.2, 0) is 9.53 Å². The molecule has 1 fully saturated rings. The maximum Gasteiger partial charge on any atom is 0.343 e. The quantitative estimate of drug-likeness (QED) is 0.822. The van der Waals surface area contributed by atoms with E-state index in [-0.39, 0.29) is 17.5 Å². The number of anilines is 1. The fraction of sp³-hybridized carbons (Fsp3) is 0.688. The minimum Gasteiger partial charge on any atom is -0.449 e. The Morgan fingerprint density at radius 1 is 1.39 bits per heavy atom. The summed E-state index contributed by atoms with van der Waals surface area (Å²) in [4.78, 5) is 24.5. The molecule has 23 heavy (non-hydrogen) atoms. The number of carbonyl (C=O) groups is 2. The molecule has 2 rings (SSSR count). The zero-order valence-corrected chi connectivity index (χ0v) is 14.9. The van der Waals surface area contributed by atoms with Crippen LogP contribution in [0, 0.1) is 18.8 Å². The Morgan fingerprint density at radius 2 is 2.09 bits per heavy atom. The molecule has 0 saturated heterocycles. The van der Waals surface area contributed by atoms with Gasteiger partial charge in [0.25, 0.3) is 5.91 Å². The van der Waals surface area contributed by atoms with Crippen molar-refractivity contribution in [2.24, 2.45) is 11.8 Å². The summed E-state index contributed by atoms with van der Waals surface area (Å²) in [7, 11) is 0. The van der Waals surface area contributed by atoms with Crippen molar-refractivity contribution in [1.29, 1.82) is 0 Å². The van der Waals surface area contributed by atoms with Gasteiger partial charge in [-0.15, -0.1) is 0 Å². The standard InChI is InChI=1S/C16H25N3O3S/c1-8-6-5-7-12(9(8)2)18-15(20)11(4)22-16(21)13-10(3)19-23-14(13)17/h8-9,11-12H,5-7,17H2,1-4H3,(H,18,20)/t8-,9-,11+,12+/m0/s1. The monoisotopic (exact) mass is 339 g/mol. The van der Waals surface area contributed by atoms with E-state index >= 15 is 0 Å². The van der Waals surface area contributed by atoms with Crippen LogP contribution in [-0.4, -0.2) is 28.4 Å². The average molecular weight is 339 g/mol. The molecule has 0 bridgehead atoms.